The highest BCUT2D eigenvalue weighted by molar-refractivity contribution is 6.02. The lowest BCUT2D eigenvalue weighted by Gasteiger charge is -2.29. The van der Waals surface area contributed by atoms with E-state index in [2.05, 4.69) is 73.2 Å². The van der Waals surface area contributed by atoms with Crippen LogP contribution < -0.4 is 0 Å². The molecule has 3 rings (SSSR count). The molecule has 0 bridgehead atoms. The topological polar surface area (TPSA) is 24.7 Å². The maximum Gasteiger partial charge on any atom is 0.0733 e. The molecule has 188 valence electrons. The molecule has 0 N–H and O–H groups in total. The summed E-state index contributed by atoms with van der Waals surface area (Å²) in [7, 11) is 0. The molecule has 0 amide bonds. The van der Waals surface area contributed by atoms with E-state index in [0.29, 0.717) is 5.92 Å². The van der Waals surface area contributed by atoms with Crippen LogP contribution in [0.4, 0.5) is 0 Å². The van der Waals surface area contributed by atoms with E-state index in [1.165, 1.54) is 93.9 Å². The molecule has 2 aromatic rings. The highest BCUT2D eigenvalue weighted by Crippen LogP contribution is 2.34. The van der Waals surface area contributed by atoms with E-state index in [1.54, 1.807) is 0 Å². The molecule has 0 unspecified atom stereocenters. The molecule has 2 heteroatoms. The largest absolute Gasteiger partial charge is 0.158 e. The predicted molar refractivity (Wildman–Crippen MR) is 154 cm³/mol. The molecular formula is C33H46N2. The lowest BCUT2D eigenvalue weighted by Crippen LogP contribution is -2.22. The molecule has 0 heterocycles. The summed E-state index contributed by atoms with van der Waals surface area (Å²) in [5.74, 6) is 1.43. The van der Waals surface area contributed by atoms with E-state index in [1.807, 2.05) is 12.3 Å². The maximum absolute atomic E-state index is 4.80. The van der Waals surface area contributed by atoms with Crippen molar-refractivity contribution in [3.05, 3.63) is 83.9 Å². The summed E-state index contributed by atoms with van der Waals surface area (Å²) in [5, 5.41) is 9.36. The summed E-state index contributed by atoms with van der Waals surface area (Å²) in [5.41, 5.74) is 4.92. The number of benzene rings is 2. The average molecular weight is 471 g/mol. The van der Waals surface area contributed by atoms with Crippen molar-refractivity contribution in [2.24, 2.45) is 22.0 Å². The molecule has 1 saturated carbocycles. The van der Waals surface area contributed by atoms with Crippen LogP contribution in [0.1, 0.15) is 107 Å². The van der Waals surface area contributed by atoms with Crippen LogP contribution in [0.5, 0.6) is 0 Å². The van der Waals surface area contributed by atoms with Gasteiger partial charge in [0.05, 0.1) is 11.9 Å². The second kappa shape index (κ2) is 16.2. The Kier molecular flexibility index (Phi) is 12.6. The van der Waals surface area contributed by atoms with Crippen LogP contribution in [-0.4, -0.2) is 11.9 Å². The van der Waals surface area contributed by atoms with Crippen molar-refractivity contribution >= 4 is 11.9 Å². The van der Waals surface area contributed by atoms with Crippen molar-refractivity contribution in [3.8, 4) is 0 Å². The zero-order chi connectivity index (χ0) is 24.6. The van der Waals surface area contributed by atoms with Crippen molar-refractivity contribution in [3.63, 3.8) is 0 Å². The fourth-order valence-electron chi connectivity index (χ4n) is 5.29. The van der Waals surface area contributed by atoms with Gasteiger partial charge in [-0.15, -0.1) is 6.58 Å². The summed E-state index contributed by atoms with van der Waals surface area (Å²) in [6.45, 7) is 6.09. The second-order valence-electron chi connectivity index (χ2n) is 10.3. The number of hydrogen-bond acceptors (Lipinski definition) is 2. The third kappa shape index (κ3) is 9.96. The molecule has 0 spiro atoms. The SMILES string of the molecule is C=CCCCCCc1ccc(C=NN=C(c2ccccc2)C2CCC(CCCCCC)CC2)cc1. The Morgan fingerprint density at radius 1 is 0.857 bits per heavy atom. The Balaban J connectivity index is 1.56. The van der Waals surface area contributed by atoms with Crippen LogP contribution in [0.25, 0.3) is 0 Å². The van der Waals surface area contributed by atoms with Crippen molar-refractivity contribution in [2.75, 3.05) is 0 Å². The van der Waals surface area contributed by atoms with Gasteiger partial charge in [-0.25, -0.2) is 0 Å². The number of aryl methyl sites for hydroxylation is 1. The third-order valence-electron chi connectivity index (χ3n) is 7.49. The number of rotatable bonds is 15. The molecule has 0 aromatic heterocycles. The predicted octanol–water partition coefficient (Wildman–Crippen LogP) is 9.58. The standard InChI is InChI=1S/C33H46N2/c1-3-5-7-9-12-16-28-19-21-30(22-20-28)27-34-35-33(31-17-13-10-14-18-31)32-25-23-29(24-26-32)15-11-8-6-4-2/h3,10,13-14,17-22,27,29,32H,1,4-9,11-12,15-16,23-26H2,2H3. The van der Waals surface area contributed by atoms with E-state index in [4.69, 9.17) is 5.10 Å². The second-order valence-corrected chi connectivity index (χ2v) is 10.3. The molecule has 1 aliphatic rings. The number of allylic oxidation sites excluding steroid dienone is 1. The maximum atomic E-state index is 4.80. The number of unbranched alkanes of at least 4 members (excludes halogenated alkanes) is 6. The molecule has 2 aromatic carbocycles. The van der Waals surface area contributed by atoms with Crippen LogP contribution in [0.3, 0.4) is 0 Å². The van der Waals surface area contributed by atoms with Gasteiger partial charge in [-0.1, -0.05) is 106 Å². The Morgan fingerprint density at radius 3 is 2.31 bits per heavy atom. The minimum Gasteiger partial charge on any atom is -0.158 e. The van der Waals surface area contributed by atoms with Gasteiger partial charge in [-0.3, -0.25) is 0 Å². The lowest BCUT2D eigenvalue weighted by molar-refractivity contribution is 0.298. The van der Waals surface area contributed by atoms with E-state index < -0.39 is 0 Å². The lowest BCUT2D eigenvalue weighted by atomic mass is 9.76. The Morgan fingerprint density at radius 2 is 1.60 bits per heavy atom. The zero-order valence-corrected chi connectivity index (χ0v) is 22.0. The fourth-order valence-corrected chi connectivity index (χ4v) is 5.29. The van der Waals surface area contributed by atoms with Gasteiger partial charge >= 0.3 is 0 Å². The summed E-state index contributed by atoms with van der Waals surface area (Å²) in [6.07, 6.45) is 22.0. The molecule has 0 saturated heterocycles. The van der Waals surface area contributed by atoms with Gasteiger partial charge in [0.1, 0.15) is 0 Å². The Hall–Kier alpha value is -2.48. The number of nitrogens with zero attached hydrogens (tertiary/aromatic N) is 2. The van der Waals surface area contributed by atoms with E-state index in [-0.39, 0.29) is 0 Å². The van der Waals surface area contributed by atoms with Gasteiger partial charge in [-0.05, 0) is 74.0 Å². The van der Waals surface area contributed by atoms with E-state index in [0.717, 1.165) is 24.3 Å². The first kappa shape index (κ1) is 27.1. The van der Waals surface area contributed by atoms with Crippen LogP contribution in [-0.2, 0) is 6.42 Å². The molecule has 1 aliphatic carbocycles. The monoisotopic (exact) mass is 470 g/mol. The van der Waals surface area contributed by atoms with Crippen molar-refractivity contribution < 1.29 is 0 Å². The Bertz CT molecular complexity index is 886. The first-order chi connectivity index (χ1) is 17.3. The molecule has 1 fully saturated rings. The van der Waals surface area contributed by atoms with Gasteiger partial charge in [0.2, 0.25) is 0 Å². The van der Waals surface area contributed by atoms with Gasteiger partial charge < -0.3 is 0 Å². The minimum absolute atomic E-state index is 0.518. The highest BCUT2D eigenvalue weighted by Gasteiger charge is 2.25. The average Bonchev–Trinajstić information content (AvgIpc) is 2.91. The summed E-state index contributed by atoms with van der Waals surface area (Å²) < 4.78 is 0. The molecule has 35 heavy (non-hydrogen) atoms. The molecular weight excluding hydrogens is 424 g/mol. The van der Waals surface area contributed by atoms with Crippen LogP contribution in [0.15, 0.2) is 77.5 Å². The fraction of sp³-hybridized carbons (Fsp3) is 0.515. The van der Waals surface area contributed by atoms with E-state index in [9.17, 15) is 0 Å². The van der Waals surface area contributed by atoms with Crippen LogP contribution in [0.2, 0.25) is 0 Å². The smallest absolute Gasteiger partial charge is 0.0733 e. The summed E-state index contributed by atoms with van der Waals surface area (Å²) in [4.78, 5) is 0. The molecule has 0 atom stereocenters. The summed E-state index contributed by atoms with van der Waals surface area (Å²) in [6, 6.07) is 19.5. The van der Waals surface area contributed by atoms with Crippen molar-refractivity contribution in [1.82, 2.24) is 0 Å². The number of hydrogen-bond donors (Lipinski definition) is 0. The minimum atomic E-state index is 0.518. The van der Waals surface area contributed by atoms with Gasteiger partial charge in [-0.2, -0.15) is 10.2 Å². The van der Waals surface area contributed by atoms with Crippen molar-refractivity contribution in [1.29, 1.82) is 0 Å². The molecule has 2 nitrogen and oxygen atoms in total. The van der Waals surface area contributed by atoms with Gasteiger partial charge in [0.25, 0.3) is 0 Å². The first-order valence-electron chi connectivity index (χ1n) is 14.2. The normalized spacial score (nSPS) is 18.7. The van der Waals surface area contributed by atoms with Gasteiger partial charge in [0, 0.05) is 5.92 Å². The van der Waals surface area contributed by atoms with Crippen LogP contribution in [0, 0.1) is 11.8 Å². The van der Waals surface area contributed by atoms with Crippen molar-refractivity contribution in [2.45, 2.75) is 96.8 Å². The third-order valence-corrected chi connectivity index (χ3v) is 7.49. The molecule has 0 radical (unpaired) electrons. The van der Waals surface area contributed by atoms with Gasteiger partial charge in [0.15, 0.2) is 0 Å². The quantitative estimate of drug-likeness (QED) is 0.107. The Labute approximate surface area is 214 Å². The summed E-state index contributed by atoms with van der Waals surface area (Å²) >= 11 is 0. The highest BCUT2D eigenvalue weighted by atomic mass is 15.2. The first-order valence-corrected chi connectivity index (χ1v) is 14.2. The van der Waals surface area contributed by atoms with Crippen LogP contribution >= 0.6 is 0 Å². The molecule has 0 aliphatic heterocycles. The van der Waals surface area contributed by atoms with E-state index >= 15 is 0 Å². The zero-order valence-electron chi connectivity index (χ0n) is 22.0.